The normalized spacial score (nSPS) is 10.3. The summed E-state index contributed by atoms with van der Waals surface area (Å²) in [5.74, 6) is -1.34. The number of hydrogen-bond donors (Lipinski definition) is 3. The molecule has 2 aromatic rings. The van der Waals surface area contributed by atoms with Gasteiger partial charge in [0, 0.05) is 5.69 Å². The molecule has 0 bridgehead atoms. The van der Waals surface area contributed by atoms with Gasteiger partial charge in [-0.15, -0.1) is 0 Å². The number of hydrogen-bond acceptors (Lipinski definition) is 6. The summed E-state index contributed by atoms with van der Waals surface area (Å²) in [6, 6.07) is 13.1. The monoisotopic (exact) mass is 370 g/mol. The molecule has 0 aromatic heterocycles. The van der Waals surface area contributed by atoms with Gasteiger partial charge in [-0.25, -0.2) is 5.43 Å². The highest BCUT2D eigenvalue weighted by atomic mass is 16.5. The summed E-state index contributed by atoms with van der Waals surface area (Å²) in [5, 5.41) is 6.15. The van der Waals surface area contributed by atoms with Crippen LogP contribution < -0.4 is 25.9 Å². The molecule has 2 aromatic carbocycles. The van der Waals surface area contributed by atoms with Gasteiger partial charge in [0.05, 0.1) is 13.3 Å². The Bertz CT molecular complexity index is 849. The first-order chi connectivity index (χ1) is 13.0. The van der Waals surface area contributed by atoms with E-state index in [1.807, 2.05) is 0 Å². The summed E-state index contributed by atoms with van der Waals surface area (Å²) < 4.78 is 10.2. The number of primary amides is 1. The zero-order chi connectivity index (χ0) is 19.6. The van der Waals surface area contributed by atoms with E-state index < -0.39 is 17.7 Å². The van der Waals surface area contributed by atoms with Gasteiger partial charge in [0.25, 0.3) is 5.91 Å². The smallest absolute Gasteiger partial charge is 0.329 e. The van der Waals surface area contributed by atoms with Crippen molar-refractivity contribution < 1.29 is 23.9 Å². The Morgan fingerprint density at radius 1 is 1.07 bits per heavy atom. The molecule has 3 amide bonds. The summed E-state index contributed by atoms with van der Waals surface area (Å²) in [6.07, 6.45) is 1.33. The van der Waals surface area contributed by atoms with Crippen molar-refractivity contribution in [2.45, 2.75) is 0 Å². The van der Waals surface area contributed by atoms with Crippen molar-refractivity contribution >= 4 is 29.6 Å². The fraction of sp³-hybridized carbons (Fsp3) is 0.111. The summed E-state index contributed by atoms with van der Waals surface area (Å²) in [7, 11) is 1.53. The molecule has 4 N–H and O–H groups in total. The van der Waals surface area contributed by atoms with E-state index in [0.717, 1.165) is 0 Å². The van der Waals surface area contributed by atoms with Crippen LogP contribution in [0.2, 0.25) is 0 Å². The number of nitrogens with zero attached hydrogens (tertiary/aromatic N) is 1. The van der Waals surface area contributed by atoms with Crippen LogP contribution >= 0.6 is 0 Å². The van der Waals surface area contributed by atoms with E-state index in [2.05, 4.69) is 15.8 Å². The maximum absolute atomic E-state index is 11.8. The lowest BCUT2D eigenvalue weighted by atomic mass is 10.2. The second kappa shape index (κ2) is 9.56. The number of rotatable bonds is 7. The Kier molecular flexibility index (Phi) is 6.89. The molecule has 0 aliphatic rings. The number of benzene rings is 2. The van der Waals surface area contributed by atoms with E-state index in [1.165, 1.54) is 13.3 Å². The van der Waals surface area contributed by atoms with Crippen molar-refractivity contribution in [1.29, 1.82) is 0 Å². The van der Waals surface area contributed by atoms with Crippen LogP contribution in [0, 0.1) is 0 Å². The third kappa shape index (κ3) is 6.50. The Hall–Kier alpha value is -3.88. The Balaban J connectivity index is 1.87. The molecule has 0 heterocycles. The SMILES string of the molecule is COc1ccc(NC(=O)C(=O)N/N=C/c2cccc(OCC(N)=O)c2)cc1. The van der Waals surface area contributed by atoms with E-state index in [4.69, 9.17) is 15.2 Å². The van der Waals surface area contributed by atoms with Gasteiger partial charge in [0.2, 0.25) is 0 Å². The van der Waals surface area contributed by atoms with Gasteiger partial charge >= 0.3 is 11.8 Å². The fourth-order valence-corrected chi connectivity index (χ4v) is 1.92. The molecular formula is C18H18N4O5. The highest BCUT2D eigenvalue weighted by molar-refractivity contribution is 6.39. The highest BCUT2D eigenvalue weighted by Crippen LogP contribution is 2.14. The quantitative estimate of drug-likeness (QED) is 0.374. The molecular weight excluding hydrogens is 352 g/mol. The van der Waals surface area contributed by atoms with Crippen LogP contribution in [-0.4, -0.2) is 37.7 Å². The van der Waals surface area contributed by atoms with Crippen molar-refractivity contribution in [2.24, 2.45) is 10.8 Å². The van der Waals surface area contributed by atoms with Gasteiger partial charge in [-0.3, -0.25) is 14.4 Å². The highest BCUT2D eigenvalue weighted by Gasteiger charge is 2.12. The number of amides is 3. The molecule has 0 saturated carbocycles. The molecule has 140 valence electrons. The number of nitrogens with one attached hydrogen (secondary N) is 2. The van der Waals surface area contributed by atoms with Gasteiger partial charge in [-0.2, -0.15) is 5.10 Å². The molecule has 2 rings (SSSR count). The number of methoxy groups -OCH3 is 1. The molecule has 9 heteroatoms. The first kappa shape index (κ1) is 19.4. The van der Waals surface area contributed by atoms with Crippen molar-refractivity contribution in [1.82, 2.24) is 5.43 Å². The van der Waals surface area contributed by atoms with E-state index in [9.17, 15) is 14.4 Å². The topological polar surface area (TPSA) is 132 Å². The number of carbonyl (C=O) groups is 3. The van der Waals surface area contributed by atoms with Crippen LogP contribution in [0.4, 0.5) is 5.69 Å². The van der Waals surface area contributed by atoms with Gasteiger partial charge in [-0.05, 0) is 42.0 Å². The van der Waals surface area contributed by atoms with E-state index in [-0.39, 0.29) is 6.61 Å². The predicted octanol–water partition coefficient (Wildman–Crippen LogP) is 0.648. The number of nitrogens with two attached hydrogens (primary N) is 1. The summed E-state index contributed by atoms with van der Waals surface area (Å²) >= 11 is 0. The molecule has 0 spiro atoms. The average Bonchev–Trinajstić information content (AvgIpc) is 2.67. The maximum Gasteiger partial charge on any atom is 0.329 e. The van der Waals surface area contributed by atoms with Crippen molar-refractivity contribution in [3.8, 4) is 11.5 Å². The molecule has 0 aliphatic carbocycles. The van der Waals surface area contributed by atoms with Crippen LogP contribution in [0.5, 0.6) is 11.5 Å². The zero-order valence-electron chi connectivity index (χ0n) is 14.5. The number of carbonyl (C=O) groups excluding carboxylic acids is 3. The molecule has 0 atom stereocenters. The predicted molar refractivity (Wildman–Crippen MR) is 98.5 cm³/mol. The Morgan fingerprint density at radius 3 is 2.48 bits per heavy atom. The fourth-order valence-electron chi connectivity index (χ4n) is 1.92. The van der Waals surface area contributed by atoms with Crippen molar-refractivity contribution in [3.63, 3.8) is 0 Å². The van der Waals surface area contributed by atoms with E-state index in [1.54, 1.807) is 48.5 Å². The van der Waals surface area contributed by atoms with Gasteiger partial charge < -0.3 is 20.5 Å². The van der Waals surface area contributed by atoms with Crippen LogP contribution in [0.3, 0.4) is 0 Å². The van der Waals surface area contributed by atoms with Gasteiger partial charge in [-0.1, -0.05) is 12.1 Å². The first-order valence-corrected chi connectivity index (χ1v) is 7.77. The van der Waals surface area contributed by atoms with Crippen molar-refractivity contribution in [3.05, 3.63) is 54.1 Å². The molecule has 0 aliphatic heterocycles. The molecule has 9 nitrogen and oxygen atoms in total. The van der Waals surface area contributed by atoms with Gasteiger partial charge in [0.15, 0.2) is 6.61 Å². The van der Waals surface area contributed by atoms with Crippen LogP contribution in [0.15, 0.2) is 53.6 Å². The average molecular weight is 370 g/mol. The summed E-state index contributed by atoms with van der Waals surface area (Å²) in [4.78, 5) is 34.3. The Labute approximate surface area is 155 Å². The molecule has 27 heavy (non-hydrogen) atoms. The largest absolute Gasteiger partial charge is 0.497 e. The number of hydrazone groups is 1. The number of ether oxygens (including phenoxy) is 2. The Morgan fingerprint density at radius 2 is 1.81 bits per heavy atom. The second-order valence-electron chi connectivity index (χ2n) is 5.21. The van der Waals surface area contributed by atoms with Crippen molar-refractivity contribution in [2.75, 3.05) is 19.0 Å². The van der Waals surface area contributed by atoms with Crippen LogP contribution in [-0.2, 0) is 14.4 Å². The van der Waals surface area contributed by atoms with Gasteiger partial charge in [0.1, 0.15) is 11.5 Å². The molecule has 0 saturated heterocycles. The third-order valence-corrected chi connectivity index (χ3v) is 3.17. The second-order valence-corrected chi connectivity index (χ2v) is 5.21. The minimum atomic E-state index is -0.928. The third-order valence-electron chi connectivity index (χ3n) is 3.17. The minimum absolute atomic E-state index is 0.247. The maximum atomic E-state index is 11.8. The standard InChI is InChI=1S/C18H18N4O5/c1-26-14-7-5-13(6-8-14)21-17(24)18(25)22-20-10-12-3-2-4-15(9-12)27-11-16(19)23/h2-10H,11H2,1H3,(H2,19,23)(H,21,24)(H,22,25)/b20-10+. The lowest BCUT2D eigenvalue weighted by molar-refractivity contribution is -0.136. The lowest BCUT2D eigenvalue weighted by Crippen LogP contribution is -2.32. The van der Waals surface area contributed by atoms with Crippen LogP contribution in [0.1, 0.15) is 5.56 Å². The van der Waals surface area contributed by atoms with E-state index in [0.29, 0.717) is 22.7 Å². The molecule has 0 unspecified atom stereocenters. The lowest BCUT2D eigenvalue weighted by Gasteiger charge is -2.05. The van der Waals surface area contributed by atoms with E-state index >= 15 is 0 Å². The molecule has 0 fully saturated rings. The number of anilines is 1. The zero-order valence-corrected chi connectivity index (χ0v) is 14.5. The summed E-state index contributed by atoms with van der Waals surface area (Å²) in [6.45, 7) is -0.247. The molecule has 0 radical (unpaired) electrons. The van der Waals surface area contributed by atoms with Crippen LogP contribution in [0.25, 0.3) is 0 Å². The minimum Gasteiger partial charge on any atom is -0.497 e. The summed E-state index contributed by atoms with van der Waals surface area (Å²) in [5.41, 5.74) is 8.16. The first-order valence-electron chi connectivity index (χ1n) is 7.77.